The number of imide groups is 1. The van der Waals surface area contributed by atoms with Crippen molar-refractivity contribution in [2.24, 2.45) is 0 Å². The first-order valence-corrected chi connectivity index (χ1v) is 8.96. The van der Waals surface area contributed by atoms with Crippen LogP contribution in [-0.2, 0) is 4.79 Å². The molecule has 3 rings (SSSR count). The Morgan fingerprint density at radius 1 is 0.926 bits per heavy atom. The number of hydrogen-bond acceptors (Lipinski definition) is 6. The number of benzene rings is 2. The summed E-state index contributed by atoms with van der Waals surface area (Å²) in [6, 6.07) is 10.5. The minimum absolute atomic E-state index is 0.314. The predicted octanol–water partition coefficient (Wildman–Crippen LogP) is 4.26. The number of ether oxygens (including phenoxy) is 3. The molecule has 1 saturated heterocycles. The molecule has 0 saturated carbocycles. The monoisotopic (exact) mass is 385 g/mol. The van der Waals surface area contributed by atoms with Crippen molar-refractivity contribution >= 4 is 34.7 Å². The highest BCUT2D eigenvalue weighted by Gasteiger charge is 2.37. The molecule has 6 nitrogen and oxygen atoms in total. The molecule has 0 N–H and O–H groups in total. The van der Waals surface area contributed by atoms with Crippen molar-refractivity contribution in [3.8, 4) is 17.2 Å². The van der Waals surface area contributed by atoms with Crippen LogP contribution in [0.1, 0.15) is 11.1 Å². The fourth-order valence-electron chi connectivity index (χ4n) is 2.93. The van der Waals surface area contributed by atoms with Gasteiger partial charge in [0.15, 0.2) is 0 Å². The third-order valence-corrected chi connectivity index (χ3v) is 5.09. The summed E-state index contributed by atoms with van der Waals surface area (Å²) in [6.07, 6.45) is 1.66. The Labute approximate surface area is 161 Å². The standard InChI is InChI=1S/C20H19NO5S/c1-12-15(24-2)10-9-13(18(12)26-4)11-17-19(22)21(20(23)27-17)14-7-5-6-8-16(14)25-3/h5-11H,1-4H3/b17-11-. The molecule has 1 aliphatic rings. The van der Waals surface area contributed by atoms with E-state index in [1.165, 1.54) is 7.11 Å². The van der Waals surface area contributed by atoms with Crippen LogP contribution in [0.4, 0.5) is 10.5 Å². The van der Waals surface area contributed by atoms with E-state index >= 15 is 0 Å². The van der Waals surface area contributed by atoms with Gasteiger partial charge >= 0.3 is 0 Å². The van der Waals surface area contributed by atoms with E-state index in [0.29, 0.717) is 33.4 Å². The lowest BCUT2D eigenvalue weighted by Crippen LogP contribution is -2.28. The van der Waals surface area contributed by atoms with Crippen LogP contribution < -0.4 is 19.1 Å². The number of para-hydroxylation sites is 2. The number of nitrogens with zero attached hydrogens (tertiary/aromatic N) is 1. The summed E-state index contributed by atoms with van der Waals surface area (Å²) in [6.45, 7) is 1.87. The SMILES string of the molecule is COc1ccccc1N1C(=O)S/C(=C\c2ccc(OC)c(C)c2OC)C1=O. The summed E-state index contributed by atoms with van der Waals surface area (Å²) in [7, 11) is 4.64. The molecule has 2 aromatic carbocycles. The average molecular weight is 385 g/mol. The van der Waals surface area contributed by atoms with Crippen molar-refractivity contribution in [3.05, 3.63) is 52.4 Å². The van der Waals surface area contributed by atoms with Crippen LogP contribution in [0.5, 0.6) is 17.2 Å². The summed E-state index contributed by atoms with van der Waals surface area (Å²) in [4.78, 5) is 26.8. The van der Waals surface area contributed by atoms with E-state index in [1.807, 2.05) is 6.92 Å². The zero-order valence-corrected chi connectivity index (χ0v) is 16.3. The number of methoxy groups -OCH3 is 3. The third-order valence-electron chi connectivity index (χ3n) is 4.22. The molecular weight excluding hydrogens is 366 g/mol. The first kappa shape index (κ1) is 18.8. The second-order valence-corrected chi connectivity index (χ2v) is 6.70. The fraction of sp³-hybridized carbons (Fsp3) is 0.200. The van der Waals surface area contributed by atoms with Crippen molar-refractivity contribution in [2.75, 3.05) is 26.2 Å². The van der Waals surface area contributed by atoms with Gasteiger partial charge in [0.05, 0.1) is 31.9 Å². The molecule has 0 atom stereocenters. The van der Waals surface area contributed by atoms with Gasteiger partial charge in [-0.3, -0.25) is 9.59 Å². The first-order valence-electron chi connectivity index (χ1n) is 8.14. The predicted molar refractivity (Wildman–Crippen MR) is 106 cm³/mol. The molecule has 0 aliphatic carbocycles. The molecule has 0 bridgehead atoms. The number of amides is 2. The van der Waals surface area contributed by atoms with Crippen molar-refractivity contribution in [2.45, 2.75) is 6.92 Å². The minimum Gasteiger partial charge on any atom is -0.496 e. The van der Waals surface area contributed by atoms with Crippen LogP contribution in [0, 0.1) is 6.92 Å². The molecule has 0 spiro atoms. The highest BCUT2D eigenvalue weighted by molar-refractivity contribution is 8.19. The van der Waals surface area contributed by atoms with Crippen LogP contribution in [0.3, 0.4) is 0 Å². The Hall–Kier alpha value is -2.93. The van der Waals surface area contributed by atoms with Crippen molar-refractivity contribution < 1.29 is 23.8 Å². The van der Waals surface area contributed by atoms with E-state index in [0.717, 1.165) is 22.2 Å². The van der Waals surface area contributed by atoms with Gasteiger partial charge in [0.1, 0.15) is 17.2 Å². The van der Waals surface area contributed by atoms with Gasteiger partial charge in [-0.2, -0.15) is 0 Å². The van der Waals surface area contributed by atoms with Crippen LogP contribution in [-0.4, -0.2) is 32.5 Å². The van der Waals surface area contributed by atoms with E-state index in [2.05, 4.69) is 0 Å². The number of anilines is 1. The third kappa shape index (κ3) is 3.38. The fourth-order valence-corrected chi connectivity index (χ4v) is 3.76. The highest BCUT2D eigenvalue weighted by Crippen LogP contribution is 2.41. The highest BCUT2D eigenvalue weighted by atomic mass is 32.2. The van der Waals surface area contributed by atoms with Gasteiger partial charge < -0.3 is 14.2 Å². The molecule has 0 unspecified atom stereocenters. The molecule has 1 heterocycles. The van der Waals surface area contributed by atoms with Gasteiger partial charge in [-0.15, -0.1) is 0 Å². The Morgan fingerprint density at radius 3 is 2.30 bits per heavy atom. The average Bonchev–Trinajstić information content (AvgIpc) is 2.95. The van der Waals surface area contributed by atoms with Crippen molar-refractivity contribution in [1.29, 1.82) is 0 Å². The van der Waals surface area contributed by atoms with Gasteiger partial charge in [-0.1, -0.05) is 12.1 Å². The largest absolute Gasteiger partial charge is 0.496 e. The summed E-state index contributed by atoms with van der Waals surface area (Å²) < 4.78 is 16.1. The Balaban J connectivity index is 2.02. The lowest BCUT2D eigenvalue weighted by Gasteiger charge is -2.16. The summed E-state index contributed by atoms with van der Waals surface area (Å²) in [5.74, 6) is 1.34. The van der Waals surface area contributed by atoms with Crippen LogP contribution >= 0.6 is 11.8 Å². The molecule has 140 valence electrons. The summed E-state index contributed by atoms with van der Waals surface area (Å²) in [5, 5.41) is -0.375. The Morgan fingerprint density at radius 2 is 1.63 bits per heavy atom. The zero-order valence-electron chi connectivity index (χ0n) is 15.4. The number of carbonyl (C=O) groups is 2. The van der Waals surface area contributed by atoms with E-state index in [9.17, 15) is 9.59 Å². The zero-order chi connectivity index (χ0) is 19.6. The van der Waals surface area contributed by atoms with E-state index < -0.39 is 5.91 Å². The smallest absolute Gasteiger partial charge is 0.298 e. The topological polar surface area (TPSA) is 65.1 Å². The maximum Gasteiger partial charge on any atom is 0.298 e. The minimum atomic E-state index is -0.398. The summed E-state index contributed by atoms with van der Waals surface area (Å²) >= 11 is 0.882. The molecule has 0 radical (unpaired) electrons. The van der Waals surface area contributed by atoms with Gasteiger partial charge in [-0.25, -0.2) is 4.90 Å². The van der Waals surface area contributed by atoms with E-state index in [1.54, 1.807) is 56.7 Å². The maximum absolute atomic E-state index is 12.9. The normalized spacial score (nSPS) is 15.4. The first-order chi connectivity index (χ1) is 13.0. The molecule has 27 heavy (non-hydrogen) atoms. The van der Waals surface area contributed by atoms with Crippen LogP contribution in [0.15, 0.2) is 41.3 Å². The van der Waals surface area contributed by atoms with Crippen molar-refractivity contribution in [3.63, 3.8) is 0 Å². The number of rotatable bonds is 5. The molecule has 0 aromatic heterocycles. The van der Waals surface area contributed by atoms with Gasteiger partial charge in [-0.05, 0) is 49.0 Å². The molecule has 1 fully saturated rings. The van der Waals surface area contributed by atoms with Gasteiger partial charge in [0, 0.05) is 11.1 Å². The van der Waals surface area contributed by atoms with Gasteiger partial charge in [0.2, 0.25) is 0 Å². The molecular formula is C20H19NO5S. The van der Waals surface area contributed by atoms with E-state index in [4.69, 9.17) is 14.2 Å². The lowest BCUT2D eigenvalue weighted by atomic mass is 10.1. The van der Waals surface area contributed by atoms with Crippen LogP contribution in [0.2, 0.25) is 0 Å². The second-order valence-electron chi connectivity index (χ2n) is 5.70. The Bertz CT molecular complexity index is 938. The summed E-state index contributed by atoms with van der Waals surface area (Å²) in [5.41, 5.74) is 1.93. The van der Waals surface area contributed by atoms with Crippen LogP contribution in [0.25, 0.3) is 6.08 Å². The Kier molecular flexibility index (Phi) is 5.41. The number of thioether (sulfide) groups is 1. The lowest BCUT2D eigenvalue weighted by molar-refractivity contribution is -0.113. The van der Waals surface area contributed by atoms with E-state index in [-0.39, 0.29) is 5.24 Å². The molecule has 2 amide bonds. The molecule has 1 aliphatic heterocycles. The van der Waals surface area contributed by atoms with Crippen molar-refractivity contribution in [1.82, 2.24) is 0 Å². The maximum atomic E-state index is 12.9. The van der Waals surface area contributed by atoms with Gasteiger partial charge in [0.25, 0.3) is 11.1 Å². The number of carbonyl (C=O) groups excluding carboxylic acids is 2. The molecule has 7 heteroatoms. The second kappa shape index (κ2) is 7.75. The number of hydrogen-bond donors (Lipinski definition) is 0. The molecule has 2 aromatic rings. The quantitative estimate of drug-likeness (QED) is 0.717.